The predicted octanol–water partition coefficient (Wildman–Crippen LogP) is 1.83. The normalized spacial score (nSPS) is 11.8. The summed E-state index contributed by atoms with van der Waals surface area (Å²) in [5, 5.41) is 8.91. The summed E-state index contributed by atoms with van der Waals surface area (Å²) >= 11 is 0. The van der Waals surface area contributed by atoms with Crippen molar-refractivity contribution in [3.63, 3.8) is 0 Å². The Morgan fingerprint density at radius 3 is 2.82 bits per heavy atom. The molecule has 1 aliphatic rings. The van der Waals surface area contributed by atoms with E-state index < -0.39 is 0 Å². The van der Waals surface area contributed by atoms with E-state index in [1.807, 2.05) is 24.3 Å². The zero-order valence-electron chi connectivity index (χ0n) is 9.40. The molecule has 1 aliphatic carbocycles. The van der Waals surface area contributed by atoms with Crippen molar-refractivity contribution in [2.24, 2.45) is 7.05 Å². The molecule has 82 valence electrons. The zero-order chi connectivity index (χ0) is 12.0. The maximum absolute atomic E-state index is 11.6. The number of pyridine rings is 1. The summed E-state index contributed by atoms with van der Waals surface area (Å²) in [5.41, 5.74) is 5.03. The van der Waals surface area contributed by atoms with Crippen LogP contribution in [0.25, 0.3) is 11.1 Å². The van der Waals surface area contributed by atoms with Crippen LogP contribution >= 0.6 is 0 Å². The Bertz CT molecular complexity index is 720. The van der Waals surface area contributed by atoms with Crippen molar-refractivity contribution >= 4 is 0 Å². The second-order valence-corrected chi connectivity index (χ2v) is 4.25. The van der Waals surface area contributed by atoms with Crippen LogP contribution in [-0.4, -0.2) is 4.57 Å². The van der Waals surface area contributed by atoms with Gasteiger partial charge < -0.3 is 4.57 Å². The highest BCUT2D eigenvalue weighted by Crippen LogP contribution is 2.35. The Labute approximate surface area is 98.6 Å². The van der Waals surface area contributed by atoms with Crippen molar-refractivity contribution in [2.75, 3.05) is 0 Å². The molecule has 0 saturated carbocycles. The Hall–Kier alpha value is -2.34. The minimum absolute atomic E-state index is 0.0112. The van der Waals surface area contributed by atoms with Crippen LogP contribution in [0.5, 0.6) is 0 Å². The van der Waals surface area contributed by atoms with Crippen molar-refractivity contribution in [2.45, 2.75) is 6.42 Å². The first-order chi connectivity index (χ1) is 8.20. The number of benzene rings is 1. The number of hydrogen-bond acceptors (Lipinski definition) is 2. The lowest BCUT2D eigenvalue weighted by molar-refractivity contribution is 0.805. The summed E-state index contributed by atoms with van der Waals surface area (Å²) in [6.45, 7) is 0. The molecule has 17 heavy (non-hydrogen) atoms. The van der Waals surface area contributed by atoms with Gasteiger partial charge in [0.2, 0.25) is 0 Å². The molecule has 2 aromatic rings. The van der Waals surface area contributed by atoms with Crippen molar-refractivity contribution in [3.05, 3.63) is 57.5 Å². The molecular weight excluding hydrogens is 212 g/mol. The highest BCUT2D eigenvalue weighted by molar-refractivity contribution is 5.76. The van der Waals surface area contributed by atoms with Gasteiger partial charge in [-0.05, 0) is 29.3 Å². The van der Waals surface area contributed by atoms with Crippen LogP contribution in [0.1, 0.15) is 16.8 Å². The van der Waals surface area contributed by atoms with Crippen molar-refractivity contribution < 1.29 is 0 Å². The topological polar surface area (TPSA) is 45.8 Å². The van der Waals surface area contributed by atoms with Crippen molar-refractivity contribution in [1.82, 2.24) is 4.57 Å². The molecule has 1 aromatic heterocycles. The van der Waals surface area contributed by atoms with Crippen molar-refractivity contribution in [3.8, 4) is 17.2 Å². The van der Waals surface area contributed by atoms with Crippen LogP contribution in [0.4, 0.5) is 0 Å². The molecule has 3 rings (SSSR count). The smallest absolute Gasteiger partial charge is 0.250 e. The Morgan fingerprint density at radius 2 is 2.06 bits per heavy atom. The third-order valence-corrected chi connectivity index (χ3v) is 3.33. The van der Waals surface area contributed by atoms with E-state index in [0.29, 0.717) is 5.56 Å². The average Bonchev–Trinajstić information content (AvgIpc) is 2.72. The van der Waals surface area contributed by atoms with Crippen LogP contribution in [0.2, 0.25) is 0 Å². The van der Waals surface area contributed by atoms with Crippen molar-refractivity contribution in [1.29, 1.82) is 5.26 Å². The maximum Gasteiger partial charge on any atom is 0.250 e. The maximum atomic E-state index is 11.6. The van der Waals surface area contributed by atoms with E-state index in [1.54, 1.807) is 17.7 Å². The van der Waals surface area contributed by atoms with Gasteiger partial charge in [-0.15, -0.1) is 0 Å². The summed E-state index contributed by atoms with van der Waals surface area (Å²) in [6, 6.07) is 11.3. The number of aromatic nitrogens is 1. The average molecular weight is 222 g/mol. The monoisotopic (exact) mass is 222 g/mol. The Kier molecular flexibility index (Phi) is 1.93. The van der Waals surface area contributed by atoms with Gasteiger partial charge in [-0.3, -0.25) is 4.79 Å². The second kappa shape index (κ2) is 3.33. The van der Waals surface area contributed by atoms with Crippen LogP contribution in [0.15, 0.2) is 35.1 Å². The molecular formula is C14H10N2O. The summed E-state index contributed by atoms with van der Waals surface area (Å²) in [6.07, 6.45) is 0.767. The van der Waals surface area contributed by atoms with E-state index in [4.69, 9.17) is 5.26 Å². The van der Waals surface area contributed by atoms with Crippen LogP contribution in [0.3, 0.4) is 0 Å². The van der Waals surface area contributed by atoms with Gasteiger partial charge in [0.25, 0.3) is 5.56 Å². The van der Waals surface area contributed by atoms with E-state index >= 15 is 0 Å². The third kappa shape index (κ3) is 1.31. The lowest BCUT2D eigenvalue weighted by atomic mass is 10.0. The molecule has 0 N–H and O–H groups in total. The summed E-state index contributed by atoms with van der Waals surface area (Å²) in [4.78, 5) is 11.6. The molecule has 0 spiro atoms. The van der Waals surface area contributed by atoms with Gasteiger partial charge in [-0.25, -0.2) is 0 Å². The Morgan fingerprint density at radius 1 is 1.24 bits per heavy atom. The van der Waals surface area contributed by atoms with Crippen LogP contribution in [-0.2, 0) is 13.5 Å². The van der Waals surface area contributed by atoms with E-state index in [1.165, 1.54) is 5.56 Å². The molecule has 0 atom stereocenters. The number of fused-ring (bicyclic) bond motifs is 3. The van der Waals surface area contributed by atoms with E-state index in [0.717, 1.165) is 23.2 Å². The van der Waals surface area contributed by atoms with Gasteiger partial charge in [0, 0.05) is 30.8 Å². The first-order valence-corrected chi connectivity index (χ1v) is 5.43. The fourth-order valence-electron chi connectivity index (χ4n) is 2.37. The molecule has 0 aliphatic heterocycles. The van der Waals surface area contributed by atoms with Gasteiger partial charge in [-0.2, -0.15) is 5.26 Å². The standard InChI is InChI=1S/C14H10N2O/c1-16-13-7-10-3-2-9(8-15)6-12(10)11(13)4-5-14(16)17/h2-6H,7H2,1H3. The molecule has 3 heteroatoms. The van der Waals surface area contributed by atoms with E-state index in [-0.39, 0.29) is 5.56 Å². The van der Waals surface area contributed by atoms with Gasteiger partial charge in [0.1, 0.15) is 0 Å². The molecule has 0 amide bonds. The molecule has 0 saturated heterocycles. The Balaban J connectivity index is 2.31. The molecule has 0 fully saturated rings. The minimum atomic E-state index is 0.0112. The van der Waals surface area contributed by atoms with E-state index in [9.17, 15) is 4.79 Å². The predicted molar refractivity (Wildman–Crippen MR) is 64.6 cm³/mol. The largest absolute Gasteiger partial charge is 0.315 e. The molecule has 1 heterocycles. The fourth-order valence-corrected chi connectivity index (χ4v) is 2.37. The SMILES string of the molecule is Cn1c2c(ccc1=O)-c1cc(C#N)ccc1C2. The lowest BCUT2D eigenvalue weighted by Gasteiger charge is -2.05. The minimum Gasteiger partial charge on any atom is -0.315 e. The molecule has 1 aromatic carbocycles. The number of nitriles is 1. The lowest BCUT2D eigenvalue weighted by Crippen LogP contribution is -2.18. The second-order valence-electron chi connectivity index (χ2n) is 4.25. The highest BCUT2D eigenvalue weighted by atomic mass is 16.1. The molecule has 3 nitrogen and oxygen atoms in total. The van der Waals surface area contributed by atoms with E-state index in [2.05, 4.69) is 6.07 Å². The molecule has 0 bridgehead atoms. The van der Waals surface area contributed by atoms with Crippen LogP contribution in [0, 0.1) is 11.3 Å². The fraction of sp³-hybridized carbons (Fsp3) is 0.143. The highest BCUT2D eigenvalue weighted by Gasteiger charge is 2.20. The third-order valence-electron chi connectivity index (χ3n) is 3.33. The first kappa shape index (κ1) is 9.86. The number of rotatable bonds is 0. The van der Waals surface area contributed by atoms with Gasteiger partial charge in [0.05, 0.1) is 11.6 Å². The van der Waals surface area contributed by atoms with Gasteiger partial charge >= 0.3 is 0 Å². The first-order valence-electron chi connectivity index (χ1n) is 5.43. The van der Waals surface area contributed by atoms with Crippen LogP contribution < -0.4 is 5.56 Å². The molecule has 0 radical (unpaired) electrons. The zero-order valence-corrected chi connectivity index (χ0v) is 9.40. The summed E-state index contributed by atoms with van der Waals surface area (Å²) in [7, 11) is 1.79. The molecule has 0 unspecified atom stereocenters. The number of nitrogens with zero attached hydrogens (tertiary/aromatic N) is 2. The summed E-state index contributed by atoms with van der Waals surface area (Å²) < 4.78 is 1.68. The summed E-state index contributed by atoms with van der Waals surface area (Å²) in [5.74, 6) is 0. The van der Waals surface area contributed by atoms with Gasteiger partial charge in [-0.1, -0.05) is 6.07 Å². The quantitative estimate of drug-likeness (QED) is 0.582. The number of hydrogen-bond donors (Lipinski definition) is 0. The van der Waals surface area contributed by atoms with Gasteiger partial charge in [0.15, 0.2) is 0 Å².